The van der Waals surface area contributed by atoms with Gasteiger partial charge in [-0.3, -0.25) is 4.31 Å². The molecule has 0 amide bonds. The van der Waals surface area contributed by atoms with Crippen LogP contribution in [-0.4, -0.2) is 28.7 Å². The Hall–Kier alpha value is -1.92. The second kappa shape index (κ2) is 6.18. The predicted molar refractivity (Wildman–Crippen MR) is 93.8 cm³/mol. The normalized spacial score (nSPS) is 16.8. The number of anilines is 1. The lowest BCUT2D eigenvalue weighted by molar-refractivity contribution is 0.392. The molecule has 0 fully saturated rings. The van der Waals surface area contributed by atoms with Crippen LogP contribution in [0.1, 0.15) is 12.5 Å². The summed E-state index contributed by atoms with van der Waals surface area (Å²) >= 11 is 6.09. The third-order valence-electron chi connectivity index (χ3n) is 4.12. The monoisotopic (exact) mass is 367 g/mol. The molecule has 1 unspecified atom stereocenters. The Morgan fingerprint density at radius 1 is 1.12 bits per heavy atom. The fraction of sp³-hybridized carbons (Fsp3) is 0.294. The first kappa shape index (κ1) is 16.9. The number of ether oxygens (including phenoxy) is 2. The molecular weight excluding hydrogens is 350 g/mol. The first-order chi connectivity index (χ1) is 11.4. The highest BCUT2D eigenvalue weighted by atomic mass is 35.5. The van der Waals surface area contributed by atoms with E-state index < -0.39 is 10.0 Å². The van der Waals surface area contributed by atoms with Crippen LogP contribution in [0, 0.1) is 0 Å². The molecule has 0 bridgehead atoms. The van der Waals surface area contributed by atoms with Gasteiger partial charge in [-0.05, 0) is 25.0 Å². The zero-order valence-electron chi connectivity index (χ0n) is 13.6. The maximum absolute atomic E-state index is 13.3. The van der Waals surface area contributed by atoms with Crippen molar-refractivity contribution in [3.63, 3.8) is 0 Å². The molecule has 2 aromatic carbocycles. The van der Waals surface area contributed by atoms with E-state index >= 15 is 0 Å². The van der Waals surface area contributed by atoms with Gasteiger partial charge in [-0.15, -0.1) is 0 Å². The zero-order chi connectivity index (χ0) is 17.5. The molecule has 128 valence electrons. The van der Waals surface area contributed by atoms with Crippen molar-refractivity contribution in [3.05, 3.63) is 47.0 Å². The minimum Gasteiger partial charge on any atom is -0.495 e. The van der Waals surface area contributed by atoms with Crippen molar-refractivity contribution in [2.24, 2.45) is 0 Å². The zero-order valence-corrected chi connectivity index (χ0v) is 15.2. The molecule has 0 N–H and O–H groups in total. The highest BCUT2D eigenvalue weighted by Crippen LogP contribution is 2.41. The Morgan fingerprint density at radius 2 is 1.79 bits per heavy atom. The minimum absolute atomic E-state index is 0.0369. The van der Waals surface area contributed by atoms with Crippen LogP contribution >= 0.6 is 11.6 Å². The SMILES string of the molecule is COc1cc(S(=O)(=O)N2c3ccccc3CC2C)c(OC)cc1Cl. The van der Waals surface area contributed by atoms with Crippen molar-refractivity contribution < 1.29 is 17.9 Å². The largest absolute Gasteiger partial charge is 0.495 e. The molecular formula is C17H18ClNO4S. The van der Waals surface area contributed by atoms with Gasteiger partial charge >= 0.3 is 0 Å². The van der Waals surface area contributed by atoms with Crippen LogP contribution < -0.4 is 13.8 Å². The van der Waals surface area contributed by atoms with E-state index in [2.05, 4.69) is 0 Å². The number of fused-ring (bicyclic) bond motifs is 1. The number of benzene rings is 2. The van der Waals surface area contributed by atoms with Crippen molar-refractivity contribution in [1.82, 2.24) is 0 Å². The van der Waals surface area contributed by atoms with E-state index in [0.29, 0.717) is 17.1 Å². The summed E-state index contributed by atoms with van der Waals surface area (Å²) in [6.07, 6.45) is 0.669. The van der Waals surface area contributed by atoms with Crippen LogP contribution in [0.15, 0.2) is 41.3 Å². The summed E-state index contributed by atoms with van der Waals surface area (Å²) in [5.74, 6) is 0.480. The second-order valence-corrected chi connectivity index (χ2v) is 7.81. The number of halogens is 1. The molecule has 0 aliphatic carbocycles. The van der Waals surface area contributed by atoms with Crippen LogP contribution in [0.4, 0.5) is 5.69 Å². The molecule has 0 aromatic heterocycles. The smallest absolute Gasteiger partial charge is 0.268 e. The molecule has 0 radical (unpaired) electrons. The van der Waals surface area contributed by atoms with Gasteiger partial charge in [0.05, 0.1) is 24.9 Å². The molecule has 7 heteroatoms. The molecule has 1 atom stereocenters. The number of methoxy groups -OCH3 is 2. The lowest BCUT2D eigenvalue weighted by Gasteiger charge is -2.25. The van der Waals surface area contributed by atoms with E-state index in [0.717, 1.165) is 5.56 Å². The highest BCUT2D eigenvalue weighted by molar-refractivity contribution is 7.93. The quantitative estimate of drug-likeness (QED) is 0.830. The van der Waals surface area contributed by atoms with Crippen LogP contribution in [0.2, 0.25) is 5.02 Å². The van der Waals surface area contributed by atoms with E-state index in [1.165, 1.54) is 30.7 Å². The summed E-state index contributed by atoms with van der Waals surface area (Å²) in [5, 5.41) is 0.295. The predicted octanol–water partition coefficient (Wildman–Crippen LogP) is 3.50. The summed E-state index contributed by atoms with van der Waals surface area (Å²) in [6.45, 7) is 1.89. The van der Waals surface area contributed by atoms with Crippen LogP contribution in [0.25, 0.3) is 0 Å². The lowest BCUT2D eigenvalue weighted by Crippen LogP contribution is -2.35. The van der Waals surface area contributed by atoms with Crippen molar-refractivity contribution >= 4 is 27.3 Å². The number of rotatable bonds is 4. The van der Waals surface area contributed by atoms with Crippen LogP contribution in [0.3, 0.4) is 0 Å². The molecule has 0 saturated heterocycles. The molecule has 0 spiro atoms. The van der Waals surface area contributed by atoms with E-state index in [4.69, 9.17) is 21.1 Å². The Morgan fingerprint density at radius 3 is 2.46 bits per heavy atom. The third-order valence-corrected chi connectivity index (χ3v) is 6.36. The number of hydrogen-bond acceptors (Lipinski definition) is 4. The number of nitrogens with zero attached hydrogens (tertiary/aromatic N) is 1. The Balaban J connectivity index is 2.19. The topological polar surface area (TPSA) is 55.8 Å². The molecule has 1 aliphatic rings. The molecule has 1 aliphatic heterocycles. The van der Waals surface area contributed by atoms with Gasteiger partial charge in [0.2, 0.25) is 0 Å². The van der Waals surface area contributed by atoms with E-state index in [1.54, 1.807) is 0 Å². The lowest BCUT2D eigenvalue weighted by atomic mass is 10.1. The molecule has 3 rings (SSSR count). The fourth-order valence-electron chi connectivity index (χ4n) is 3.04. The number of sulfonamides is 1. The summed E-state index contributed by atoms with van der Waals surface area (Å²) in [7, 11) is -0.966. The van der Waals surface area contributed by atoms with Crippen LogP contribution in [-0.2, 0) is 16.4 Å². The third kappa shape index (κ3) is 2.59. The summed E-state index contributed by atoms with van der Waals surface area (Å²) in [4.78, 5) is 0.0369. The van der Waals surface area contributed by atoms with Crippen LogP contribution in [0.5, 0.6) is 11.5 Å². The van der Waals surface area contributed by atoms with Gasteiger partial charge in [-0.1, -0.05) is 29.8 Å². The maximum atomic E-state index is 13.3. The van der Waals surface area contributed by atoms with Crippen molar-refractivity contribution in [1.29, 1.82) is 0 Å². The Kier molecular flexibility index (Phi) is 4.36. The van der Waals surface area contributed by atoms with Gasteiger partial charge in [0.15, 0.2) is 0 Å². The Bertz CT molecular complexity index is 882. The van der Waals surface area contributed by atoms with Crippen molar-refractivity contribution in [2.75, 3.05) is 18.5 Å². The summed E-state index contributed by atoms with van der Waals surface area (Å²) in [5.41, 5.74) is 1.70. The van der Waals surface area contributed by atoms with Gasteiger partial charge in [0, 0.05) is 18.2 Å². The van der Waals surface area contributed by atoms with Gasteiger partial charge in [0.25, 0.3) is 10.0 Å². The first-order valence-electron chi connectivity index (χ1n) is 7.44. The molecule has 1 heterocycles. The van der Waals surface area contributed by atoms with E-state index in [9.17, 15) is 8.42 Å². The van der Waals surface area contributed by atoms with Crippen molar-refractivity contribution in [3.8, 4) is 11.5 Å². The first-order valence-corrected chi connectivity index (χ1v) is 9.25. The summed E-state index contributed by atoms with van der Waals surface area (Å²) in [6, 6.07) is 10.2. The average Bonchev–Trinajstić information content (AvgIpc) is 2.90. The second-order valence-electron chi connectivity index (χ2n) is 5.62. The number of hydrogen-bond donors (Lipinski definition) is 0. The summed E-state index contributed by atoms with van der Waals surface area (Å²) < 4.78 is 38.5. The molecule has 0 saturated carbocycles. The molecule has 5 nitrogen and oxygen atoms in total. The van der Waals surface area contributed by atoms with Crippen molar-refractivity contribution in [2.45, 2.75) is 24.3 Å². The van der Waals surface area contributed by atoms with Gasteiger partial charge in [-0.25, -0.2) is 8.42 Å². The minimum atomic E-state index is -3.82. The molecule has 24 heavy (non-hydrogen) atoms. The van der Waals surface area contributed by atoms with Gasteiger partial charge < -0.3 is 9.47 Å². The standard InChI is InChI=1S/C17H18ClNO4S/c1-11-8-12-6-4-5-7-14(12)19(11)24(20,21)17-10-15(22-2)13(18)9-16(17)23-3/h4-7,9-11H,8H2,1-3H3. The van der Waals surface area contributed by atoms with E-state index in [1.807, 2.05) is 31.2 Å². The average molecular weight is 368 g/mol. The van der Waals surface area contributed by atoms with E-state index in [-0.39, 0.29) is 22.4 Å². The highest BCUT2D eigenvalue weighted by Gasteiger charge is 2.37. The van der Waals surface area contributed by atoms with Gasteiger partial charge in [-0.2, -0.15) is 0 Å². The molecule has 2 aromatic rings. The Labute approximate surface area is 146 Å². The fourth-order valence-corrected chi connectivity index (χ4v) is 5.12. The number of para-hydroxylation sites is 1. The maximum Gasteiger partial charge on any atom is 0.268 e. The van der Waals surface area contributed by atoms with Gasteiger partial charge in [0.1, 0.15) is 16.4 Å².